The Hall–Kier alpha value is -3.89. The number of carbonyl (C=O) groups excluding carboxylic acids is 2. The number of alkyl halides is 3. The van der Waals surface area contributed by atoms with Gasteiger partial charge in [-0.1, -0.05) is 25.1 Å². The molecule has 0 aliphatic heterocycles. The summed E-state index contributed by atoms with van der Waals surface area (Å²) in [5.74, 6) is -0.527. The van der Waals surface area contributed by atoms with Crippen LogP contribution in [0.1, 0.15) is 34.1 Å². The van der Waals surface area contributed by atoms with Crippen molar-refractivity contribution in [2.45, 2.75) is 26.4 Å². The Kier molecular flexibility index (Phi) is 6.76. The van der Waals surface area contributed by atoms with Crippen molar-refractivity contribution >= 4 is 11.8 Å². The van der Waals surface area contributed by atoms with Gasteiger partial charge >= 0.3 is 6.18 Å². The van der Waals surface area contributed by atoms with E-state index in [0.717, 1.165) is 24.1 Å². The molecule has 3 aromatic rings. The van der Waals surface area contributed by atoms with Crippen LogP contribution in [-0.4, -0.2) is 33.2 Å². The lowest BCUT2D eigenvalue weighted by Crippen LogP contribution is -2.44. The number of hydrazine groups is 1. The predicted molar refractivity (Wildman–Crippen MR) is 108 cm³/mol. The molecule has 0 aliphatic carbocycles. The second-order valence-electron chi connectivity index (χ2n) is 6.71. The van der Waals surface area contributed by atoms with Gasteiger partial charge in [-0.15, -0.1) is 0 Å². The molecule has 1 aromatic carbocycles. The van der Waals surface area contributed by atoms with Crippen LogP contribution in [0.15, 0.2) is 48.8 Å². The molecule has 0 atom stereocenters. The van der Waals surface area contributed by atoms with Crippen LogP contribution in [0.5, 0.6) is 5.75 Å². The van der Waals surface area contributed by atoms with Crippen molar-refractivity contribution in [1.82, 2.24) is 25.6 Å². The molecular formula is C21H20F3N5O3. The molecule has 11 heteroatoms. The molecule has 2 heterocycles. The maximum Gasteiger partial charge on any atom is 0.417 e. The zero-order chi connectivity index (χ0) is 23.3. The van der Waals surface area contributed by atoms with Gasteiger partial charge in [-0.25, -0.2) is 9.67 Å². The van der Waals surface area contributed by atoms with Crippen molar-refractivity contribution < 1.29 is 27.5 Å². The van der Waals surface area contributed by atoms with Crippen molar-refractivity contribution in [3.63, 3.8) is 0 Å². The van der Waals surface area contributed by atoms with E-state index in [1.165, 1.54) is 10.9 Å². The minimum atomic E-state index is -4.50. The fourth-order valence-electron chi connectivity index (χ4n) is 2.85. The highest BCUT2D eigenvalue weighted by Gasteiger charge is 2.30. The zero-order valence-electron chi connectivity index (χ0n) is 17.2. The summed E-state index contributed by atoms with van der Waals surface area (Å²) in [6.07, 6.45) is -1.85. The Labute approximate surface area is 181 Å². The number of aryl methyl sites for hydroxylation is 1. The van der Waals surface area contributed by atoms with Crippen LogP contribution in [0.4, 0.5) is 13.2 Å². The second kappa shape index (κ2) is 9.50. The van der Waals surface area contributed by atoms with E-state index in [1.54, 1.807) is 19.1 Å². The molecule has 8 nitrogen and oxygen atoms in total. The van der Waals surface area contributed by atoms with Crippen LogP contribution in [0.3, 0.4) is 0 Å². The second-order valence-corrected chi connectivity index (χ2v) is 6.71. The number of nitrogens with zero attached hydrogens (tertiary/aromatic N) is 3. The Morgan fingerprint density at radius 3 is 2.50 bits per heavy atom. The van der Waals surface area contributed by atoms with Gasteiger partial charge in [0.2, 0.25) is 0 Å². The van der Waals surface area contributed by atoms with E-state index < -0.39 is 23.6 Å². The highest BCUT2D eigenvalue weighted by atomic mass is 19.4. The topological polar surface area (TPSA) is 98.1 Å². The predicted octanol–water partition coefficient (Wildman–Crippen LogP) is 3.00. The van der Waals surface area contributed by atoms with E-state index in [2.05, 4.69) is 20.9 Å². The van der Waals surface area contributed by atoms with Gasteiger partial charge in [0, 0.05) is 6.20 Å². The monoisotopic (exact) mass is 447 g/mol. The van der Waals surface area contributed by atoms with Crippen LogP contribution in [0, 0.1) is 6.92 Å². The van der Waals surface area contributed by atoms with Crippen molar-refractivity contribution in [3.8, 4) is 11.6 Å². The number of amides is 2. The minimum Gasteiger partial charge on any atom is -0.483 e. The van der Waals surface area contributed by atoms with Gasteiger partial charge in [-0.05, 0) is 37.1 Å². The van der Waals surface area contributed by atoms with Crippen molar-refractivity contribution in [2.24, 2.45) is 0 Å². The Morgan fingerprint density at radius 2 is 1.84 bits per heavy atom. The average Bonchev–Trinajstić information content (AvgIpc) is 3.17. The molecule has 0 saturated carbocycles. The van der Waals surface area contributed by atoms with Gasteiger partial charge in [0.05, 0.1) is 23.0 Å². The molecule has 2 N–H and O–H groups in total. The zero-order valence-corrected chi connectivity index (χ0v) is 17.2. The molecule has 0 fully saturated rings. The van der Waals surface area contributed by atoms with E-state index >= 15 is 0 Å². The molecule has 2 aromatic heterocycles. The van der Waals surface area contributed by atoms with E-state index in [9.17, 15) is 22.8 Å². The third-order valence-electron chi connectivity index (χ3n) is 4.57. The number of pyridine rings is 1. The minimum absolute atomic E-state index is 0.113. The van der Waals surface area contributed by atoms with Crippen LogP contribution in [0.2, 0.25) is 0 Å². The lowest BCUT2D eigenvalue weighted by atomic mass is 10.1. The SMILES string of the molecule is CCc1ccccc1OCC(=O)NNC(=O)c1cnn(-c2ccc(C(F)(F)F)cn2)c1C. The molecule has 2 amide bonds. The number of rotatable bonds is 6. The van der Waals surface area contributed by atoms with E-state index in [4.69, 9.17) is 4.74 Å². The number of nitrogens with one attached hydrogen (secondary N) is 2. The average molecular weight is 447 g/mol. The third kappa shape index (κ3) is 5.23. The first-order chi connectivity index (χ1) is 15.2. The quantitative estimate of drug-likeness (QED) is 0.566. The van der Waals surface area contributed by atoms with Crippen molar-refractivity contribution in [1.29, 1.82) is 0 Å². The number of hydrogen-bond donors (Lipinski definition) is 2. The van der Waals surface area contributed by atoms with Gasteiger partial charge in [-0.2, -0.15) is 18.3 Å². The lowest BCUT2D eigenvalue weighted by molar-refractivity contribution is -0.137. The summed E-state index contributed by atoms with van der Waals surface area (Å²) in [6, 6.07) is 9.32. The summed E-state index contributed by atoms with van der Waals surface area (Å²) >= 11 is 0. The lowest BCUT2D eigenvalue weighted by Gasteiger charge is -2.11. The van der Waals surface area contributed by atoms with E-state index in [-0.39, 0.29) is 18.0 Å². The molecule has 32 heavy (non-hydrogen) atoms. The number of halogens is 3. The smallest absolute Gasteiger partial charge is 0.417 e. The Bertz CT molecular complexity index is 1110. The summed E-state index contributed by atoms with van der Waals surface area (Å²) in [6.45, 7) is 3.21. The highest BCUT2D eigenvalue weighted by molar-refractivity contribution is 5.96. The highest BCUT2D eigenvalue weighted by Crippen LogP contribution is 2.28. The largest absolute Gasteiger partial charge is 0.483 e. The number of hydrogen-bond acceptors (Lipinski definition) is 5. The summed E-state index contributed by atoms with van der Waals surface area (Å²) < 4.78 is 44.8. The van der Waals surface area contributed by atoms with E-state index in [0.29, 0.717) is 17.6 Å². The van der Waals surface area contributed by atoms with Crippen LogP contribution in [-0.2, 0) is 17.4 Å². The van der Waals surface area contributed by atoms with Crippen LogP contribution < -0.4 is 15.6 Å². The van der Waals surface area contributed by atoms with Gasteiger partial charge < -0.3 is 4.74 Å². The summed E-state index contributed by atoms with van der Waals surface area (Å²) in [5.41, 5.74) is 5.01. The fourth-order valence-corrected chi connectivity index (χ4v) is 2.85. The van der Waals surface area contributed by atoms with Crippen molar-refractivity contribution in [2.75, 3.05) is 6.61 Å². The summed E-state index contributed by atoms with van der Waals surface area (Å²) in [7, 11) is 0. The summed E-state index contributed by atoms with van der Waals surface area (Å²) in [4.78, 5) is 28.1. The number of para-hydroxylation sites is 1. The van der Waals surface area contributed by atoms with E-state index in [1.807, 2.05) is 19.1 Å². The maximum absolute atomic E-state index is 12.7. The van der Waals surface area contributed by atoms with Crippen LogP contribution >= 0.6 is 0 Å². The fraction of sp³-hybridized carbons (Fsp3) is 0.238. The third-order valence-corrected chi connectivity index (χ3v) is 4.57. The first-order valence-electron chi connectivity index (χ1n) is 9.58. The molecule has 168 valence electrons. The Morgan fingerprint density at radius 1 is 1.09 bits per heavy atom. The molecule has 0 radical (unpaired) electrons. The molecule has 0 bridgehead atoms. The first-order valence-corrected chi connectivity index (χ1v) is 9.58. The standard InChI is InChI=1S/C21H20F3N5O3/c1-3-14-6-4-5-7-17(14)32-12-19(30)27-28-20(31)16-11-26-29(13(16)2)18-9-8-15(10-25-18)21(22,23)24/h4-11H,3,12H2,1-2H3,(H,27,30)(H,28,31). The molecule has 0 unspecified atom stereocenters. The normalized spacial score (nSPS) is 11.2. The molecular weight excluding hydrogens is 427 g/mol. The number of benzene rings is 1. The summed E-state index contributed by atoms with van der Waals surface area (Å²) in [5, 5.41) is 4.00. The maximum atomic E-state index is 12.7. The molecule has 0 spiro atoms. The number of ether oxygens (including phenoxy) is 1. The number of carbonyl (C=O) groups is 2. The van der Waals surface area contributed by atoms with Crippen molar-refractivity contribution in [3.05, 3.63) is 71.2 Å². The van der Waals surface area contributed by atoms with Gasteiger partial charge in [0.1, 0.15) is 5.75 Å². The van der Waals surface area contributed by atoms with Gasteiger partial charge in [0.25, 0.3) is 11.8 Å². The van der Waals surface area contributed by atoms with Crippen LogP contribution in [0.25, 0.3) is 5.82 Å². The van der Waals surface area contributed by atoms with Gasteiger partial charge in [-0.3, -0.25) is 20.4 Å². The molecule has 0 saturated heterocycles. The first kappa shape index (κ1) is 22.8. The Balaban J connectivity index is 1.59. The molecule has 3 rings (SSSR count). The molecule has 0 aliphatic rings. The number of aromatic nitrogens is 3. The van der Waals surface area contributed by atoms with Gasteiger partial charge in [0.15, 0.2) is 12.4 Å².